The zero-order valence-corrected chi connectivity index (χ0v) is 18.3. The fraction of sp³-hybridized carbons (Fsp3) is 0.421. The number of amides is 2. The van der Waals surface area contributed by atoms with E-state index in [1.54, 1.807) is 25.1 Å². The van der Waals surface area contributed by atoms with Gasteiger partial charge in [-0.3, -0.25) is 5.32 Å². The number of aromatic nitrogens is 2. The predicted octanol–water partition coefficient (Wildman–Crippen LogP) is 4.27. The highest BCUT2D eigenvalue weighted by Gasteiger charge is 2.33. The number of urea groups is 1. The van der Waals surface area contributed by atoms with Crippen LogP contribution in [0.3, 0.4) is 0 Å². The third-order valence-corrected chi connectivity index (χ3v) is 4.34. The Labute approximate surface area is 183 Å². The van der Waals surface area contributed by atoms with Gasteiger partial charge in [0, 0.05) is 38.4 Å². The van der Waals surface area contributed by atoms with E-state index < -0.39 is 22.8 Å². The third-order valence-electron chi connectivity index (χ3n) is 4.02. The third kappa shape index (κ3) is 7.44. The number of alkyl halides is 3. The van der Waals surface area contributed by atoms with Crippen LogP contribution in [-0.4, -0.2) is 49.2 Å². The van der Waals surface area contributed by atoms with E-state index in [0.717, 1.165) is 31.3 Å². The summed E-state index contributed by atoms with van der Waals surface area (Å²) in [7, 11) is 3.59. The van der Waals surface area contributed by atoms with Crippen molar-refractivity contribution < 1.29 is 18.0 Å². The molecule has 1 atom stereocenters. The monoisotopic (exact) mass is 459 g/mol. The number of halogens is 4. The second-order valence-corrected chi connectivity index (χ2v) is 7.36. The molecule has 0 fully saturated rings. The van der Waals surface area contributed by atoms with Crippen molar-refractivity contribution >= 4 is 40.9 Å². The first-order valence-electron chi connectivity index (χ1n) is 9.48. The van der Waals surface area contributed by atoms with E-state index in [1.807, 2.05) is 13.8 Å². The average molecular weight is 460 g/mol. The van der Waals surface area contributed by atoms with Crippen LogP contribution in [0, 0.1) is 0 Å². The second-order valence-electron chi connectivity index (χ2n) is 6.95. The van der Waals surface area contributed by atoms with Gasteiger partial charge in [0.05, 0.1) is 10.6 Å². The summed E-state index contributed by atoms with van der Waals surface area (Å²) >= 11 is 5.68. The fourth-order valence-electron chi connectivity index (χ4n) is 2.54. The molecular weight excluding hydrogens is 435 g/mol. The van der Waals surface area contributed by atoms with Gasteiger partial charge in [0.15, 0.2) is 0 Å². The fourth-order valence-corrected chi connectivity index (χ4v) is 2.83. The molecule has 0 aliphatic rings. The Kier molecular flexibility index (Phi) is 8.28. The lowest BCUT2D eigenvalue weighted by Crippen LogP contribution is -2.31. The van der Waals surface area contributed by atoms with E-state index in [2.05, 4.69) is 31.2 Å². The Morgan fingerprint density at radius 1 is 1.19 bits per heavy atom. The maximum atomic E-state index is 12.8. The van der Waals surface area contributed by atoms with Crippen molar-refractivity contribution in [3.63, 3.8) is 0 Å². The highest BCUT2D eigenvalue weighted by molar-refractivity contribution is 6.31. The Hall–Kier alpha value is -2.79. The first kappa shape index (κ1) is 24.5. The number of carbonyl (C=O) groups is 1. The van der Waals surface area contributed by atoms with Gasteiger partial charge in [-0.2, -0.15) is 23.1 Å². The minimum Gasteiger partial charge on any atom is -0.366 e. The molecule has 1 aromatic carbocycles. The van der Waals surface area contributed by atoms with Crippen molar-refractivity contribution in [2.24, 2.45) is 0 Å². The predicted molar refractivity (Wildman–Crippen MR) is 117 cm³/mol. The summed E-state index contributed by atoms with van der Waals surface area (Å²) in [5.74, 6) is 1.10. The van der Waals surface area contributed by atoms with Gasteiger partial charge in [0.2, 0.25) is 5.95 Å². The van der Waals surface area contributed by atoms with Gasteiger partial charge < -0.3 is 20.9 Å². The smallest absolute Gasteiger partial charge is 0.366 e. The van der Waals surface area contributed by atoms with Gasteiger partial charge in [-0.1, -0.05) is 18.5 Å². The van der Waals surface area contributed by atoms with Crippen molar-refractivity contribution in [1.29, 1.82) is 0 Å². The number of nitrogens with zero attached hydrogens (tertiary/aromatic N) is 3. The van der Waals surface area contributed by atoms with Crippen molar-refractivity contribution in [1.82, 2.24) is 15.3 Å². The zero-order valence-electron chi connectivity index (χ0n) is 17.6. The first-order chi connectivity index (χ1) is 14.5. The van der Waals surface area contributed by atoms with Gasteiger partial charge in [0.25, 0.3) is 0 Å². The van der Waals surface area contributed by atoms with Gasteiger partial charge in [-0.05, 0) is 31.7 Å². The number of anilines is 4. The van der Waals surface area contributed by atoms with Crippen LogP contribution in [0.1, 0.15) is 19.4 Å². The van der Waals surface area contributed by atoms with Crippen molar-refractivity contribution in [2.45, 2.75) is 26.1 Å². The molecule has 0 bridgehead atoms. The molecule has 0 spiro atoms. The normalized spacial score (nSPS) is 12.3. The molecule has 2 aromatic rings. The molecule has 31 heavy (non-hydrogen) atoms. The Morgan fingerprint density at radius 3 is 2.48 bits per heavy atom. The molecule has 1 heterocycles. The van der Waals surface area contributed by atoms with E-state index in [1.165, 1.54) is 0 Å². The van der Waals surface area contributed by atoms with Crippen LogP contribution >= 0.6 is 11.6 Å². The molecule has 8 nitrogen and oxygen atoms in total. The Bertz CT molecular complexity index is 909. The van der Waals surface area contributed by atoms with Crippen LogP contribution in [0.15, 0.2) is 24.3 Å². The highest BCUT2D eigenvalue weighted by atomic mass is 35.5. The maximum absolute atomic E-state index is 12.8. The number of hydrogen-bond donors (Lipinski definition) is 4. The molecule has 2 amide bonds. The lowest BCUT2D eigenvalue weighted by Gasteiger charge is -2.18. The van der Waals surface area contributed by atoms with Crippen LogP contribution in [0.25, 0.3) is 0 Å². The van der Waals surface area contributed by atoms with Crippen LogP contribution < -0.4 is 26.2 Å². The molecule has 0 aliphatic carbocycles. The van der Waals surface area contributed by atoms with E-state index in [4.69, 9.17) is 11.6 Å². The molecule has 0 saturated carbocycles. The van der Waals surface area contributed by atoms with Gasteiger partial charge in [-0.15, -0.1) is 0 Å². The average Bonchev–Trinajstić information content (AvgIpc) is 2.65. The minimum atomic E-state index is -4.58. The molecule has 2 rings (SSSR count). The molecule has 4 N–H and O–H groups in total. The van der Waals surface area contributed by atoms with Crippen LogP contribution in [0.4, 0.5) is 41.2 Å². The number of nitrogens with one attached hydrogen (secondary N) is 4. The Balaban J connectivity index is 2.13. The number of hydrogen-bond acceptors (Lipinski definition) is 6. The first-order valence-corrected chi connectivity index (χ1v) is 9.85. The molecular formula is C19H25ClF3N7O. The van der Waals surface area contributed by atoms with Gasteiger partial charge >= 0.3 is 12.2 Å². The molecule has 1 unspecified atom stereocenters. The summed E-state index contributed by atoms with van der Waals surface area (Å²) in [6, 6.07) is 4.02. The van der Waals surface area contributed by atoms with Crippen LogP contribution in [0.5, 0.6) is 0 Å². The summed E-state index contributed by atoms with van der Waals surface area (Å²) in [6.07, 6.45) is -4.58. The largest absolute Gasteiger partial charge is 0.417 e. The van der Waals surface area contributed by atoms with Crippen molar-refractivity contribution in [3.05, 3.63) is 34.9 Å². The van der Waals surface area contributed by atoms with Crippen LogP contribution in [-0.2, 0) is 6.18 Å². The SMILES string of the molecule is CCNCC(C)Nc1cc(N(C)C)nc(NC(=O)Nc2ccc(C(F)(F)F)c(Cl)c2)n1. The summed E-state index contributed by atoms with van der Waals surface area (Å²) in [4.78, 5) is 22.6. The van der Waals surface area contributed by atoms with E-state index >= 15 is 0 Å². The van der Waals surface area contributed by atoms with Crippen molar-refractivity contribution in [3.8, 4) is 0 Å². The van der Waals surface area contributed by atoms with E-state index in [9.17, 15) is 18.0 Å². The lowest BCUT2D eigenvalue weighted by molar-refractivity contribution is -0.137. The topological polar surface area (TPSA) is 94.2 Å². The summed E-state index contributed by atoms with van der Waals surface area (Å²) in [5.41, 5.74) is -0.888. The zero-order chi connectivity index (χ0) is 23.2. The van der Waals surface area contributed by atoms with Crippen LogP contribution in [0.2, 0.25) is 5.02 Å². The van der Waals surface area contributed by atoms with Crippen molar-refractivity contribution in [2.75, 3.05) is 48.0 Å². The molecule has 170 valence electrons. The summed E-state index contributed by atoms with van der Waals surface area (Å²) in [6.45, 7) is 5.54. The number of benzene rings is 1. The summed E-state index contributed by atoms with van der Waals surface area (Å²) < 4.78 is 38.4. The maximum Gasteiger partial charge on any atom is 0.417 e. The van der Waals surface area contributed by atoms with E-state index in [0.29, 0.717) is 11.6 Å². The molecule has 0 radical (unpaired) electrons. The molecule has 12 heteroatoms. The lowest BCUT2D eigenvalue weighted by atomic mass is 10.2. The standard InChI is InChI=1S/C19H25ClF3N7O/c1-5-24-10-11(2)25-15-9-16(30(3)4)28-17(27-15)29-18(31)26-12-6-7-13(14(20)8-12)19(21,22)23/h6-9,11,24H,5,10H2,1-4H3,(H3,25,26,27,28,29,31). The number of rotatable bonds is 8. The highest BCUT2D eigenvalue weighted by Crippen LogP contribution is 2.35. The summed E-state index contributed by atoms with van der Waals surface area (Å²) in [5, 5.41) is 10.8. The minimum absolute atomic E-state index is 0.0276. The van der Waals surface area contributed by atoms with Gasteiger partial charge in [0.1, 0.15) is 11.6 Å². The molecule has 0 saturated heterocycles. The Morgan fingerprint density at radius 2 is 1.90 bits per heavy atom. The number of likely N-dealkylation sites (N-methyl/N-ethyl adjacent to an activating group) is 1. The second kappa shape index (κ2) is 10.5. The number of carbonyl (C=O) groups excluding carboxylic acids is 1. The van der Waals surface area contributed by atoms with E-state index in [-0.39, 0.29) is 17.7 Å². The molecule has 0 aliphatic heterocycles. The molecule has 1 aromatic heterocycles. The van der Waals surface area contributed by atoms with Gasteiger partial charge in [-0.25, -0.2) is 4.79 Å². The quantitative estimate of drug-likeness (QED) is 0.471.